The summed E-state index contributed by atoms with van der Waals surface area (Å²) in [5.74, 6) is -2.00. The smallest absolute Gasteiger partial charge is 0.311 e. The second-order valence-electron chi connectivity index (χ2n) is 8.44. The third-order valence-electron chi connectivity index (χ3n) is 6.08. The first-order valence-corrected chi connectivity index (χ1v) is 10.6. The molecule has 0 aliphatic carbocycles. The Morgan fingerprint density at radius 2 is 1.50 bits per heavy atom. The van der Waals surface area contributed by atoms with E-state index < -0.39 is 11.9 Å². The van der Waals surface area contributed by atoms with Crippen LogP contribution in [0, 0.1) is 11.8 Å². The quantitative estimate of drug-likeness (QED) is 0.544. The van der Waals surface area contributed by atoms with Gasteiger partial charge < -0.3 is 24.4 Å². The maximum Gasteiger partial charge on any atom is 0.311 e. The van der Waals surface area contributed by atoms with Gasteiger partial charge in [-0.1, -0.05) is 6.92 Å². The Labute approximate surface area is 167 Å². The van der Waals surface area contributed by atoms with Crippen LogP contribution >= 0.6 is 0 Å². The zero-order chi connectivity index (χ0) is 20.8. The summed E-state index contributed by atoms with van der Waals surface area (Å²) in [6.07, 6.45) is 3.88. The number of hydrogen-bond acceptors (Lipinski definition) is 6. The van der Waals surface area contributed by atoms with Crippen molar-refractivity contribution in [3.8, 4) is 0 Å². The van der Waals surface area contributed by atoms with Crippen LogP contribution in [0.2, 0.25) is 0 Å². The van der Waals surface area contributed by atoms with Gasteiger partial charge in [0.25, 0.3) is 0 Å². The summed E-state index contributed by atoms with van der Waals surface area (Å²) in [5, 5.41) is 18.9. The Kier molecular flexibility index (Phi) is 8.71. The van der Waals surface area contributed by atoms with Gasteiger partial charge in [-0.25, -0.2) is 0 Å². The number of hydrogen-bond donors (Lipinski definition) is 2. The van der Waals surface area contributed by atoms with E-state index in [1.165, 1.54) is 0 Å². The van der Waals surface area contributed by atoms with Gasteiger partial charge >= 0.3 is 11.9 Å². The fourth-order valence-corrected chi connectivity index (χ4v) is 4.05. The summed E-state index contributed by atoms with van der Waals surface area (Å²) in [6.45, 7) is 7.28. The molecule has 2 aliphatic rings. The van der Waals surface area contributed by atoms with E-state index >= 15 is 0 Å². The molecule has 0 radical (unpaired) electrons. The Morgan fingerprint density at radius 1 is 0.964 bits per heavy atom. The van der Waals surface area contributed by atoms with Crippen molar-refractivity contribution < 1.29 is 34.0 Å². The first-order valence-electron chi connectivity index (χ1n) is 10.6. The van der Waals surface area contributed by atoms with E-state index in [1.807, 2.05) is 20.8 Å². The average Bonchev–Trinajstić information content (AvgIpc) is 3.29. The molecule has 0 spiro atoms. The Morgan fingerprint density at radius 3 is 2.04 bits per heavy atom. The number of rotatable bonds is 10. The van der Waals surface area contributed by atoms with Gasteiger partial charge in [-0.3, -0.25) is 9.59 Å². The molecule has 0 aromatic rings. The van der Waals surface area contributed by atoms with Crippen LogP contribution in [-0.4, -0.2) is 58.8 Å². The second-order valence-corrected chi connectivity index (χ2v) is 8.44. The average molecular weight is 401 g/mol. The molecule has 28 heavy (non-hydrogen) atoms. The van der Waals surface area contributed by atoms with Crippen LogP contribution in [0.15, 0.2) is 0 Å². The second kappa shape index (κ2) is 10.6. The Hall–Kier alpha value is -1.18. The first kappa shape index (κ1) is 23.1. The van der Waals surface area contributed by atoms with E-state index in [2.05, 4.69) is 0 Å². The Bertz CT molecular complexity index is 523. The van der Waals surface area contributed by atoms with E-state index in [9.17, 15) is 14.7 Å². The summed E-state index contributed by atoms with van der Waals surface area (Å²) in [5.41, 5.74) is 0. The molecule has 0 amide bonds. The summed E-state index contributed by atoms with van der Waals surface area (Å²) in [4.78, 5) is 23.6. The molecule has 162 valence electrons. The van der Waals surface area contributed by atoms with Crippen molar-refractivity contribution >= 4 is 11.9 Å². The molecule has 2 rings (SSSR count). The highest BCUT2D eigenvalue weighted by atomic mass is 16.6. The predicted molar refractivity (Wildman–Crippen MR) is 103 cm³/mol. The van der Waals surface area contributed by atoms with Crippen LogP contribution in [0.5, 0.6) is 0 Å². The zero-order valence-corrected chi connectivity index (χ0v) is 17.5. The summed E-state index contributed by atoms with van der Waals surface area (Å²) in [6, 6.07) is 0. The maximum atomic E-state index is 12.5. The third-order valence-corrected chi connectivity index (χ3v) is 6.08. The number of aliphatic hydroxyl groups excluding tert-OH is 1. The SMILES string of the molecule is CCC(O)CC1CCC(C(C)C(=O)OC(C)CC2CCC(C(C)C(=O)O)O2)O1. The minimum atomic E-state index is -0.847. The molecule has 2 saturated heterocycles. The minimum Gasteiger partial charge on any atom is -0.481 e. The van der Waals surface area contributed by atoms with Crippen molar-refractivity contribution in [1.29, 1.82) is 0 Å². The molecule has 0 saturated carbocycles. The summed E-state index contributed by atoms with van der Waals surface area (Å²) < 4.78 is 17.4. The number of ether oxygens (including phenoxy) is 3. The topological polar surface area (TPSA) is 102 Å². The number of aliphatic hydroxyl groups is 1. The normalized spacial score (nSPS) is 31.9. The molecule has 2 fully saturated rings. The van der Waals surface area contributed by atoms with Crippen LogP contribution in [0.4, 0.5) is 0 Å². The molecule has 0 bridgehead atoms. The van der Waals surface area contributed by atoms with Crippen LogP contribution < -0.4 is 0 Å². The van der Waals surface area contributed by atoms with Gasteiger partial charge in [0.2, 0.25) is 0 Å². The van der Waals surface area contributed by atoms with E-state index in [4.69, 9.17) is 19.3 Å². The molecule has 8 unspecified atom stereocenters. The lowest BCUT2D eigenvalue weighted by molar-refractivity contribution is -0.159. The molecule has 8 atom stereocenters. The molecule has 0 aromatic carbocycles. The van der Waals surface area contributed by atoms with Gasteiger partial charge in [-0.2, -0.15) is 0 Å². The van der Waals surface area contributed by atoms with Crippen molar-refractivity contribution in [3.63, 3.8) is 0 Å². The first-order chi connectivity index (χ1) is 13.2. The summed E-state index contributed by atoms with van der Waals surface area (Å²) >= 11 is 0. The van der Waals surface area contributed by atoms with Crippen LogP contribution in [-0.2, 0) is 23.8 Å². The highest BCUT2D eigenvalue weighted by molar-refractivity contribution is 5.73. The molecule has 0 aromatic heterocycles. The fourth-order valence-electron chi connectivity index (χ4n) is 4.05. The van der Waals surface area contributed by atoms with Crippen LogP contribution in [0.1, 0.15) is 72.6 Å². The van der Waals surface area contributed by atoms with Gasteiger partial charge in [0, 0.05) is 6.42 Å². The monoisotopic (exact) mass is 400 g/mol. The van der Waals surface area contributed by atoms with Crippen molar-refractivity contribution in [2.45, 2.75) is 109 Å². The van der Waals surface area contributed by atoms with Crippen molar-refractivity contribution in [1.82, 2.24) is 0 Å². The highest BCUT2D eigenvalue weighted by Crippen LogP contribution is 2.31. The molecular formula is C21H36O7. The fraction of sp³-hybridized carbons (Fsp3) is 0.905. The van der Waals surface area contributed by atoms with Gasteiger partial charge in [-0.15, -0.1) is 0 Å². The molecule has 7 heteroatoms. The number of esters is 1. The molecule has 2 aliphatic heterocycles. The van der Waals surface area contributed by atoms with E-state index in [0.717, 1.165) is 25.7 Å². The highest BCUT2D eigenvalue weighted by Gasteiger charge is 2.36. The van der Waals surface area contributed by atoms with Gasteiger partial charge in [0.1, 0.15) is 6.10 Å². The van der Waals surface area contributed by atoms with E-state index in [1.54, 1.807) is 6.92 Å². The van der Waals surface area contributed by atoms with Gasteiger partial charge in [0.15, 0.2) is 0 Å². The van der Waals surface area contributed by atoms with Crippen molar-refractivity contribution in [3.05, 3.63) is 0 Å². The van der Waals surface area contributed by atoms with Crippen molar-refractivity contribution in [2.75, 3.05) is 0 Å². The number of carbonyl (C=O) groups is 2. The zero-order valence-electron chi connectivity index (χ0n) is 17.5. The maximum absolute atomic E-state index is 12.5. The van der Waals surface area contributed by atoms with Crippen LogP contribution in [0.25, 0.3) is 0 Å². The van der Waals surface area contributed by atoms with Crippen molar-refractivity contribution in [2.24, 2.45) is 11.8 Å². The standard InChI is InChI=1S/C21H36O7/c1-5-15(22)11-17-7-9-19(28-17)14(4)21(25)26-12(2)10-16-6-8-18(27-16)13(3)20(23)24/h12-19,22H,5-11H2,1-4H3,(H,23,24). The van der Waals surface area contributed by atoms with E-state index in [0.29, 0.717) is 19.3 Å². The third kappa shape index (κ3) is 6.42. The predicted octanol–water partition coefficient (Wildman–Crippen LogP) is 2.92. The largest absolute Gasteiger partial charge is 0.481 e. The summed E-state index contributed by atoms with van der Waals surface area (Å²) in [7, 11) is 0. The minimum absolute atomic E-state index is 0.00710. The lowest BCUT2D eigenvalue weighted by atomic mass is 10.0. The number of carboxylic acids is 1. The van der Waals surface area contributed by atoms with Gasteiger partial charge in [0.05, 0.1) is 42.4 Å². The van der Waals surface area contributed by atoms with E-state index in [-0.39, 0.29) is 48.5 Å². The molecular weight excluding hydrogens is 364 g/mol. The lowest BCUT2D eigenvalue weighted by Crippen LogP contribution is -2.32. The molecule has 7 nitrogen and oxygen atoms in total. The Balaban J connectivity index is 1.73. The lowest BCUT2D eigenvalue weighted by Gasteiger charge is -2.23. The number of aliphatic carboxylic acids is 1. The number of carbonyl (C=O) groups excluding carboxylic acids is 1. The van der Waals surface area contributed by atoms with Crippen LogP contribution in [0.3, 0.4) is 0 Å². The number of carboxylic acid groups (broad SMARTS) is 1. The molecule has 2 N–H and O–H groups in total. The van der Waals surface area contributed by atoms with Gasteiger partial charge in [-0.05, 0) is 59.3 Å². The molecule has 2 heterocycles.